The van der Waals surface area contributed by atoms with E-state index in [9.17, 15) is 18.0 Å². The summed E-state index contributed by atoms with van der Waals surface area (Å²) in [5, 5.41) is 3.93. The molecule has 0 saturated carbocycles. The van der Waals surface area contributed by atoms with E-state index in [-0.39, 0.29) is 29.5 Å². The van der Waals surface area contributed by atoms with Gasteiger partial charge in [0.1, 0.15) is 18.3 Å². The number of halogens is 3. The molecule has 0 aliphatic carbocycles. The molecule has 2 amide bonds. The molecule has 0 aliphatic rings. The standard InChI is InChI=1S/C36H38Cl3N3O5S/c1-4-47-29-17-15-28(16-18-29)42(48(45,46)30-19-13-27(37)14-20-30)24-35(43)41(23-31-32(38)11-8-12-33(31)39)34(36(44)40-22-25(2)3)21-26-9-6-5-7-10-26/h5-20,25,34H,4,21-24H2,1-3H3,(H,40,44)/t34-/m1/s1. The number of hydrogen-bond donors (Lipinski definition) is 1. The number of amides is 2. The third-order valence-corrected chi connectivity index (χ3v) is 10.2. The van der Waals surface area contributed by atoms with Gasteiger partial charge in [0.25, 0.3) is 10.0 Å². The molecule has 254 valence electrons. The van der Waals surface area contributed by atoms with E-state index in [1.165, 1.54) is 29.2 Å². The molecule has 48 heavy (non-hydrogen) atoms. The lowest BCUT2D eigenvalue weighted by Crippen LogP contribution is -2.53. The Balaban J connectivity index is 1.83. The van der Waals surface area contributed by atoms with Crippen LogP contribution in [0.5, 0.6) is 5.75 Å². The van der Waals surface area contributed by atoms with Crippen molar-refractivity contribution in [2.45, 2.75) is 44.7 Å². The summed E-state index contributed by atoms with van der Waals surface area (Å²) in [5.41, 5.74) is 1.46. The third kappa shape index (κ3) is 9.66. The number of ether oxygens (including phenoxy) is 1. The Bertz CT molecular complexity index is 1770. The fourth-order valence-corrected chi connectivity index (χ4v) is 7.03. The number of rotatable bonds is 15. The van der Waals surface area contributed by atoms with Gasteiger partial charge in [-0.2, -0.15) is 0 Å². The molecular formula is C36H38Cl3N3O5S. The van der Waals surface area contributed by atoms with Crippen LogP contribution in [-0.2, 0) is 32.6 Å². The minimum Gasteiger partial charge on any atom is -0.494 e. The summed E-state index contributed by atoms with van der Waals surface area (Å²) in [6.45, 7) is 5.79. The van der Waals surface area contributed by atoms with Gasteiger partial charge in [0.15, 0.2) is 0 Å². The van der Waals surface area contributed by atoms with Crippen LogP contribution in [0.25, 0.3) is 0 Å². The average molecular weight is 731 g/mol. The molecule has 1 atom stereocenters. The normalized spacial score (nSPS) is 12.0. The molecule has 0 radical (unpaired) electrons. The minimum absolute atomic E-state index is 0.0650. The zero-order valence-corrected chi connectivity index (χ0v) is 30.0. The Hall–Kier alpha value is -3.76. The lowest BCUT2D eigenvalue weighted by molar-refractivity contribution is -0.140. The number of sulfonamides is 1. The highest BCUT2D eigenvalue weighted by molar-refractivity contribution is 7.92. The molecule has 12 heteroatoms. The van der Waals surface area contributed by atoms with Crippen LogP contribution < -0.4 is 14.4 Å². The molecule has 0 heterocycles. The van der Waals surface area contributed by atoms with Crippen molar-refractivity contribution in [3.05, 3.63) is 123 Å². The fraction of sp³-hybridized carbons (Fsp3) is 0.278. The van der Waals surface area contributed by atoms with Gasteiger partial charge in [-0.1, -0.05) is 85.0 Å². The summed E-state index contributed by atoms with van der Waals surface area (Å²) >= 11 is 19.2. The van der Waals surface area contributed by atoms with Gasteiger partial charge in [-0.25, -0.2) is 8.42 Å². The van der Waals surface area contributed by atoms with E-state index >= 15 is 0 Å². The lowest BCUT2D eigenvalue weighted by atomic mass is 10.0. The Morgan fingerprint density at radius 2 is 1.46 bits per heavy atom. The maximum absolute atomic E-state index is 14.6. The molecule has 0 spiro atoms. The number of nitrogens with zero attached hydrogens (tertiary/aromatic N) is 2. The van der Waals surface area contributed by atoms with Crippen molar-refractivity contribution in [2.75, 3.05) is 24.0 Å². The predicted octanol–water partition coefficient (Wildman–Crippen LogP) is 7.65. The second-order valence-corrected chi connectivity index (χ2v) is 14.6. The number of benzene rings is 4. The van der Waals surface area contributed by atoms with Gasteiger partial charge in [0.2, 0.25) is 11.8 Å². The quantitative estimate of drug-likeness (QED) is 0.136. The maximum Gasteiger partial charge on any atom is 0.264 e. The highest BCUT2D eigenvalue weighted by atomic mass is 35.5. The van der Waals surface area contributed by atoms with Crippen molar-refractivity contribution in [2.24, 2.45) is 5.92 Å². The van der Waals surface area contributed by atoms with E-state index in [0.717, 1.165) is 9.87 Å². The van der Waals surface area contributed by atoms with E-state index in [4.69, 9.17) is 39.5 Å². The number of carbonyl (C=O) groups excluding carboxylic acids is 2. The van der Waals surface area contributed by atoms with Gasteiger partial charge in [-0.05, 0) is 79.1 Å². The first-order chi connectivity index (χ1) is 22.9. The van der Waals surface area contributed by atoms with E-state index in [2.05, 4.69) is 5.32 Å². The number of nitrogens with one attached hydrogen (secondary N) is 1. The summed E-state index contributed by atoms with van der Waals surface area (Å²) in [4.78, 5) is 29.9. The second-order valence-electron chi connectivity index (χ2n) is 11.5. The van der Waals surface area contributed by atoms with Crippen LogP contribution >= 0.6 is 34.8 Å². The van der Waals surface area contributed by atoms with Crippen LogP contribution in [0.4, 0.5) is 5.69 Å². The van der Waals surface area contributed by atoms with Gasteiger partial charge >= 0.3 is 0 Å². The van der Waals surface area contributed by atoms with Crippen LogP contribution in [0, 0.1) is 5.92 Å². The monoisotopic (exact) mass is 729 g/mol. The summed E-state index contributed by atoms with van der Waals surface area (Å²) < 4.78 is 35.0. The van der Waals surface area contributed by atoms with Crippen molar-refractivity contribution < 1.29 is 22.7 Å². The summed E-state index contributed by atoms with van der Waals surface area (Å²) in [6.07, 6.45) is 0.158. The minimum atomic E-state index is -4.31. The van der Waals surface area contributed by atoms with E-state index in [1.807, 2.05) is 51.1 Å². The molecule has 0 saturated heterocycles. The Morgan fingerprint density at radius 3 is 2.04 bits per heavy atom. The third-order valence-electron chi connectivity index (χ3n) is 7.46. The lowest BCUT2D eigenvalue weighted by Gasteiger charge is -2.34. The molecule has 4 aromatic rings. The molecule has 0 fully saturated rings. The zero-order chi connectivity index (χ0) is 34.8. The summed E-state index contributed by atoms with van der Waals surface area (Å²) in [6, 6.07) is 25.3. The number of carbonyl (C=O) groups is 2. The second kappa shape index (κ2) is 17.1. The fourth-order valence-electron chi connectivity index (χ4n) is 4.97. The van der Waals surface area contributed by atoms with Gasteiger partial charge < -0.3 is 15.0 Å². The Kier molecular flexibility index (Phi) is 13.2. The maximum atomic E-state index is 14.6. The molecule has 0 aromatic heterocycles. The first-order valence-electron chi connectivity index (χ1n) is 15.5. The van der Waals surface area contributed by atoms with Gasteiger partial charge in [-0.3, -0.25) is 13.9 Å². The Morgan fingerprint density at radius 1 is 0.833 bits per heavy atom. The molecule has 0 aliphatic heterocycles. The first kappa shape index (κ1) is 37.1. The van der Waals surface area contributed by atoms with Crippen LogP contribution in [0.15, 0.2) is 102 Å². The molecule has 8 nitrogen and oxygen atoms in total. The highest BCUT2D eigenvalue weighted by Crippen LogP contribution is 2.30. The average Bonchev–Trinajstić information content (AvgIpc) is 3.06. The van der Waals surface area contributed by atoms with Crippen LogP contribution in [0.3, 0.4) is 0 Å². The van der Waals surface area contributed by atoms with Crippen LogP contribution in [0.1, 0.15) is 31.9 Å². The highest BCUT2D eigenvalue weighted by Gasteiger charge is 2.35. The smallest absolute Gasteiger partial charge is 0.264 e. The van der Waals surface area contributed by atoms with E-state index in [0.29, 0.717) is 39.5 Å². The van der Waals surface area contributed by atoms with Gasteiger partial charge in [0.05, 0.1) is 17.2 Å². The van der Waals surface area contributed by atoms with Gasteiger partial charge in [0, 0.05) is 40.1 Å². The van der Waals surface area contributed by atoms with Crippen LogP contribution in [0.2, 0.25) is 15.1 Å². The largest absolute Gasteiger partial charge is 0.494 e. The van der Waals surface area contributed by atoms with Crippen molar-refractivity contribution >= 4 is 62.3 Å². The SMILES string of the molecule is CCOc1ccc(N(CC(=O)N(Cc2c(Cl)cccc2Cl)[C@H](Cc2ccccc2)C(=O)NCC(C)C)S(=O)(=O)c2ccc(Cl)cc2)cc1. The molecule has 4 rings (SSSR count). The topological polar surface area (TPSA) is 96.0 Å². The molecule has 0 bridgehead atoms. The van der Waals surface area contributed by atoms with Gasteiger partial charge in [-0.15, -0.1) is 0 Å². The summed E-state index contributed by atoms with van der Waals surface area (Å²) in [7, 11) is -4.31. The first-order valence-corrected chi connectivity index (χ1v) is 18.0. The number of hydrogen-bond acceptors (Lipinski definition) is 5. The van der Waals surface area contributed by atoms with Crippen molar-refractivity contribution in [3.8, 4) is 5.75 Å². The summed E-state index contributed by atoms with van der Waals surface area (Å²) in [5.74, 6) is -0.348. The van der Waals surface area contributed by atoms with Crippen molar-refractivity contribution in [3.63, 3.8) is 0 Å². The zero-order valence-electron chi connectivity index (χ0n) is 26.9. The van der Waals surface area contributed by atoms with Crippen molar-refractivity contribution in [1.29, 1.82) is 0 Å². The Labute approximate surface area is 297 Å². The van der Waals surface area contributed by atoms with Crippen LogP contribution in [-0.4, -0.2) is 50.9 Å². The molecule has 1 N–H and O–H groups in total. The predicted molar refractivity (Wildman–Crippen MR) is 192 cm³/mol. The van der Waals surface area contributed by atoms with Crippen molar-refractivity contribution in [1.82, 2.24) is 10.2 Å². The molecule has 0 unspecified atom stereocenters. The number of anilines is 1. The molecular weight excluding hydrogens is 693 g/mol. The van der Waals surface area contributed by atoms with E-state index in [1.54, 1.807) is 42.5 Å². The molecule has 4 aromatic carbocycles. The van der Waals surface area contributed by atoms with E-state index < -0.39 is 34.4 Å².